The molecule has 2 aromatic rings. The summed E-state index contributed by atoms with van der Waals surface area (Å²) in [4.78, 5) is 1.98. The molecule has 2 atom stereocenters. The van der Waals surface area contributed by atoms with Gasteiger partial charge in [-0.3, -0.25) is 4.90 Å². The summed E-state index contributed by atoms with van der Waals surface area (Å²) in [5.41, 5.74) is 0.671. The van der Waals surface area contributed by atoms with E-state index in [0.29, 0.717) is 0 Å². The zero-order valence-electron chi connectivity index (χ0n) is 16.5. The number of halogens is 1. The third-order valence-electron chi connectivity index (χ3n) is 6.26. The first-order chi connectivity index (χ1) is 12.7. The highest BCUT2D eigenvalue weighted by Gasteiger charge is 2.49. The SMILES string of the molecule is CC(C)(c1ccccc1-c1ccc(F)cc1)C(C)(O)C(O)N1CCCCC1. The number of benzene rings is 2. The van der Waals surface area contributed by atoms with Crippen LogP contribution in [0.5, 0.6) is 0 Å². The third-order valence-corrected chi connectivity index (χ3v) is 6.26. The number of nitrogens with zero attached hydrogens (tertiary/aromatic N) is 1. The van der Waals surface area contributed by atoms with Crippen LogP contribution in [0.25, 0.3) is 11.1 Å². The fourth-order valence-corrected chi connectivity index (χ4v) is 4.02. The molecular weight excluding hydrogens is 341 g/mol. The molecule has 2 unspecified atom stereocenters. The normalized spacial score (nSPS) is 19.5. The van der Waals surface area contributed by atoms with E-state index in [1.54, 1.807) is 19.1 Å². The number of piperidine rings is 1. The molecule has 0 aromatic heterocycles. The Hall–Kier alpha value is -1.75. The lowest BCUT2D eigenvalue weighted by Crippen LogP contribution is -2.61. The molecule has 1 fully saturated rings. The first-order valence-corrected chi connectivity index (χ1v) is 9.75. The van der Waals surface area contributed by atoms with Gasteiger partial charge in [-0.05, 0) is 48.6 Å². The molecule has 3 rings (SSSR count). The van der Waals surface area contributed by atoms with Crippen molar-refractivity contribution >= 4 is 0 Å². The molecule has 0 spiro atoms. The van der Waals surface area contributed by atoms with Gasteiger partial charge in [0, 0.05) is 18.5 Å². The summed E-state index contributed by atoms with van der Waals surface area (Å²) in [6, 6.07) is 14.2. The lowest BCUT2D eigenvalue weighted by molar-refractivity contribution is -0.174. The minimum atomic E-state index is -1.36. The maximum absolute atomic E-state index is 13.4. The second-order valence-electron chi connectivity index (χ2n) is 8.30. The molecule has 1 saturated heterocycles. The molecule has 1 aliphatic rings. The molecule has 2 aromatic carbocycles. The molecule has 1 aliphatic heterocycles. The summed E-state index contributed by atoms with van der Waals surface area (Å²) in [7, 11) is 0. The van der Waals surface area contributed by atoms with Crippen LogP contribution in [0.1, 0.15) is 45.6 Å². The molecule has 3 nitrogen and oxygen atoms in total. The van der Waals surface area contributed by atoms with E-state index in [4.69, 9.17) is 0 Å². The zero-order valence-corrected chi connectivity index (χ0v) is 16.5. The smallest absolute Gasteiger partial charge is 0.137 e. The van der Waals surface area contributed by atoms with Crippen molar-refractivity contribution in [2.24, 2.45) is 0 Å². The molecule has 27 heavy (non-hydrogen) atoms. The average molecular weight is 371 g/mol. The monoisotopic (exact) mass is 371 g/mol. The van der Waals surface area contributed by atoms with E-state index < -0.39 is 17.2 Å². The van der Waals surface area contributed by atoms with E-state index in [1.165, 1.54) is 18.6 Å². The Kier molecular flexibility index (Phi) is 5.71. The Labute approximate surface area is 161 Å². The minimum absolute atomic E-state index is 0.275. The van der Waals surface area contributed by atoms with Gasteiger partial charge in [0.1, 0.15) is 17.6 Å². The van der Waals surface area contributed by atoms with Gasteiger partial charge in [0.05, 0.1) is 0 Å². The Morgan fingerprint density at radius 2 is 1.52 bits per heavy atom. The molecule has 4 heteroatoms. The quantitative estimate of drug-likeness (QED) is 0.822. The van der Waals surface area contributed by atoms with Gasteiger partial charge in [-0.25, -0.2) is 4.39 Å². The van der Waals surface area contributed by atoms with Crippen LogP contribution in [0.3, 0.4) is 0 Å². The summed E-state index contributed by atoms with van der Waals surface area (Å²) in [6.45, 7) is 7.23. The summed E-state index contributed by atoms with van der Waals surface area (Å²) in [5, 5.41) is 22.5. The van der Waals surface area contributed by atoms with E-state index in [1.807, 2.05) is 43.0 Å². The second-order valence-corrected chi connectivity index (χ2v) is 8.30. The van der Waals surface area contributed by atoms with Crippen molar-refractivity contribution in [1.29, 1.82) is 0 Å². The summed E-state index contributed by atoms with van der Waals surface area (Å²) in [6.07, 6.45) is 2.30. The molecule has 0 bridgehead atoms. The number of aliphatic hydroxyl groups is 2. The molecule has 146 valence electrons. The molecule has 0 amide bonds. The molecule has 0 saturated carbocycles. The highest BCUT2D eigenvalue weighted by atomic mass is 19.1. The number of aliphatic hydroxyl groups excluding tert-OH is 1. The Morgan fingerprint density at radius 1 is 0.926 bits per heavy atom. The first-order valence-electron chi connectivity index (χ1n) is 9.75. The highest BCUT2D eigenvalue weighted by Crippen LogP contribution is 2.42. The van der Waals surface area contributed by atoms with E-state index >= 15 is 0 Å². The summed E-state index contributed by atoms with van der Waals surface area (Å²) in [5.74, 6) is -0.275. The van der Waals surface area contributed by atoms with Gasteiger partial charge in [0.25, 0.3) is 0 Å². The van der Waals surface area contributed by atoms with Crippen LogP contribution >= 0.6 is 0 Å². The van der Waals surface area contributed by atoms with Gasteiger partial charge in [0.2, 0.25) is 0 Å². The first kappa shape index (κ1) is 20.0. The van der Waals surface area contributed by atoms with Crippen molar-refractivity contribution in [3.63, 3.8) is 0 Å². The number of rotatable bonds is 5. The van der Waals surface area contributed by atoms with E-state index in [2.05, 4.69) is 0 Å². The van der Waals surface area contributed by atoms with Gasteiger partial charge in [0.15, 0.2) is 0 Å². The maximum Gasteiger partial charge on any atom is 0.137 e. The van der Waals surface area contributed by atoms with Crippen molar-refractivity contribution in [3.05, 3.63) is 59.9 Å². The van der Waals surface area contributed by atoms with E-state index in [0.717, 1.165) is 42.6 Å². The fourth-order valence-electron chi connectivity index (χ4n) is 4.02. The molecule has 0 aliphatic carbocycles. The van der Waals surface area contributed by atoms with E-state index in [9.17, 15) is 14.6 Å². The Bertz CT molecular complexity index is 764. The second kappa shape index (κ2) is 7.70. The average Bonchev–Trinajstić information content (AvgIpc) is 2.68. The van der Waals surface area contributed by atoms with Crippen molar-refractivity contribution in [2.75, 3.05) is 13.1 Å². The van der Waals surface area contributed by atoms with Gasteiger partial charge in [-0.2, -0.15) is 0 Å². The molecule has 1 heterocycles. The number of hydrogen-bond acceptors (Lipinski definition) is 3. The number of hydrogen-bond donors (Lipinski definition) is 2. The summed E-state index contributed by atoms with van der Waals surface area (Å²) >= 11 is 0. The lowest BCUT2D eigenvalue weighted by Gasteiger charge is -2.48. The van der Waals surface area contributed by atoms with Gasteiger partial charge >= 0.3 is 0 Å². The van der Waals surface area contributed by atoms with Crippen LogP contribution in [-0.4, -0.2) is 40.0 Å². The fraction of sp³-hybridized carbons (Fsp3) is 0.478. The topological polar surface area (TPSA) is 43.7 Å². The largest absolute Gasteiger partial charge is 0.385 e. The van der Waals surface area contributed by atoms with Crippen LogP contribution < -0.4 is 0 Å². The predicted octanol–water partition coefficient (Wildman–Crippen LogP) is 4.33. The summed E-state index contributed by atoms with van der Waals surface area (Å²) < 4.78 is 13.4. The Morgan fingerprint density at radius 3 is 2.15 bits per heavy atom. The van der Waals surface area contributed by atoms with Crippen molar-refractivity contribution < 1.29 is 14.6 Å². The molecular formula is C23H30FNO2. The van der Waals surface area contributed by atoms with Crippen LogP contribution in [0, 0.1) is 5.82 Å². The van der Waals surface area contributed by atoms with Crippen LogP contribution in [-0.2, 0) is 5.41 Å². The minimum Gasteiger partial charge on any atom is -0.385 e. The Balaban J connectivity index is 1.99. The third kappa shape index (κ3) is 3.79. The van der Waals surface area contributed by atoms with Gasteiger partial charge in [-0.1, -0.05) is 56.7 Å². The highest BCUT2D eigenvalue weighted by molar-refractivity contribution is 5.69. The van der Waals surface area contributed by atoms with Crippen LogP contribution in [0.4, 0.5) is 4.39 Å². The number of likely N-dealkylation sites (tertiary alicyclic amines) is 1. The van der Waals surface area contributed by atoms with Gasteiger partial charge in [-0.15, -0.1) is 0 Å². The zero-order chi connectivity index (χ0) is 19.7. The molecule has 0 radical (unpaired) electrons. The van der Waals surface area contributed by atoms with Gasteiger partial charge < -0.3 is 10.2 Å². The molecule has 2 N–H and O–H groups in total. The van der Waals surface area contributed by atoms with Crippen LogP contribution in [0.2, 0.25) is 0 Å². The van der Waals surface area contributed by atoms with Crippen molar-refractivity contribution in [2.45, 2.75) is 57.3 Å². The standard InChI is InChI=1S/C23H30FNO2/c1-22(2,23(3,27)21(26)25-15-7-4-8-16-25)20-10-6-5-9-19(20)17-11-13-18(24)14-12-17/h5-6,9-14,21,26-27H,4,7-8,15-16H2,1-3H3. The lowest BCUT2D eigenvalue weighted by atomic mass is 9.67. The van der Waals surface area contributed by atoms with E-state index in [-0.39, 0.29) is 5.82 Å². The van der Waals surface area contributed by atoms with Crippen LogP contribution in [0.15, 0.2) is 48.5 Å². The van der Waals surface area contributed by atoms with Crippen molar-refractivity contribution in [3.8, 4) is 11.1 Å². The maximum atomic E-state index is 13.4. The predicted molar refractivity (Wildman–Crippen MR) is 107 cm³/mol. The van der Waals surface area contributed by atoms with Crippen molar-refractivity contribution in [1.82, 2.24) is 4.90 Å².